The minimum Gasteiger partial charge on any atom is -1.00 e. The van der Waals surface area contributed by atoms with Gasteiger partial charge in [0.25, 0.3) is 0 Å². The molecule has 2 aromatic rings. The smallest absolute Gasteiger partial charge is 0.207 e. The number of benzene rings is 1. The van der Waals surface area contributed by atoms with E-state index in [1.165, 1.54) is 21.3 Å². The third-order valence-corrected chi connectivity index (χ3v) is 4.43. The predicted molar refractivity (Wildman–Crippen MR) is 80.9 cm³/mol. The zero-order valence-electron chi connectivity index (χ0n) is 11.6. The van der Waals surface area contributed by atoms with E-state index in [1.807, 2.05) is 11.8 Å². The van der Waals surface area contributed by atoms with Crippen molar-refractivity contribution in [2.75, 3.05) is 11.4 Å². The lowest BCUT2D eigenvalue weighted by molar-refractivity contribution is -0.673. The minimum absolute atomic E-state index is 0. The molecule has 0 amide bonds. The van der Waals surface area contributed by atoms with Gasteiger partial charge in [-0.25, -0.2) is 4.57 Å². The molecule has 2 heterocycles. The summed E-state index contributed by atoms with van der Waals surface area (Å²) in [5, 5.41) is 1.30. The summed E-state index contributed by atoms with van der Waals surface area (Å²) in [6.07, 6.45) is 4.34. The highest BCUT2D eigenvalue weighted by Crippen LogP contribution is 2.45. The van der Waals surface area contributed by atoms with Crippen molar-refractivity contribution in [1.82, 2.24) is 0 Å². The average Bonchev–Trinajstić information content (AvgIpc) is 2.78. The van der Waals surface area contributed by atoms with Gasteiger partial charge in [0.05, 0.1) is 10.7 Å². The summed E-state index contributed by atoms with van der Waals surface area (Å²) in [7, 11) is 2.08. The molecule has 1 aliphatic rings. The molecule has 3 rings (SSSR count). The second-order valence-corrected chi connectivity index (χ2v) is 5.60. The molecule has 0 atom stereocenters. The Kier molecular flexibility index (Phi) is 5.10. The van der Waals surface area contributed by atoms with Gasteiger partial charge in [0.1, 0.15) is 7.05 Å². The van der Waals surface area contributed by atoms with Crippen LogP contribution in [0.2, 0.25) is 0 Å². The van der Waals surface area contributed by atoms with E-state index in [0.717, 1.165) is 6.54 Å². The maximum absolute atomic E-state index is 2.37. The molecule has 0 radical (unpaired) electrons. The highest BCUT2D eigenvalue weighted by atomic mass is 127. The summed E-state index contributed by atoms with van der Waals surface area (Å²) in [6.45, 7) is 3.19. The van der Waals surface area contributed by atoms with Crippen molar-refractivity contribution in [1.29, 1.82) is 0 Å². The molecule has 0 unspecified atom stereocenters. The summed E-state index contributed by atoms with van der Waals surface area (Å²) >= 11 is 1.85. The van der Waals surface area contributed by atoms with E-state index in [0.29, 0.717) is 0 Å². The molecular weight excluding hydrogens is 379 g/mol. The molecule has 1 aromatic heterocycles. The molecule has 0 spiro atoms. The molecule has 0 N–H and O–H groups in total. The van der Waals surface area contributed by atoms with Crippen molar-refractivity contribution in [3.63, 3.8) is 0 Å². The number of hydrogen-bond acceptors (Lipinski definition) is 2. The van der Waals surface area contributed by atoms with E-state index in [1.54, 1.807) is 0 Å². The van der Waals surface area contributed by atoms with Gasteiger partial charge < -0.3 is 28.9 Å². The van der Waals surface area contributed by atoms with Crippen LogP contribution < -0.4 is 33.4 Å². The second-order valence-electron chi connectivity index (χ2n) is 4.53. The van der Waals surface area contributed by atoms with Crippen LogP contribution in [0, 0.1) is 0 Å². The Morgan fingerprint density at radius 2 is 1.90 bits per heavy atom. The van der Waals surface area contributed by atoms with Gasteiger partial charge in [0.2, 0.25) is 5.69 Å². The Bertz CT molecular complexity index is 640. The number of rotatable bonds is 2. The molecule has 4 heteroatoms. The summed E-state index contributed by atoms with van der Waals surface area (Å²) in [5.74, 6) is 0. The van der Waals surface area contributed by atoms with Crippen LogP contribution in [0.1, 0.15) is 12.6 Å². The van der Waals surface area contributed by atoms with Crippen LogP contribution in [0.25, 0.3) is 6.08 Å². The first-order valence-corrected chi connectivity index (χ1v) is 7.32. The second kappa shape index (κ2) is 6.63. The van der Waals surface area contributed by atoms with Crippen molar-refractivity contribution in [2.45, 2.75) is 11.8 Å². The topological polar surface area (TPSA) is 7.12 Å². The Labute approximate surface area is 141 Å². The first-order chi connectivity index (χ1) is 9.29. The number of hydrogen-bond donors (Lipinski definition) is 0. The van der Waals surface area contributed by atoms with Crippen molar-refractivity contribution in [3.8, 4) is 0 Å². The fraction of sp³-hybridized carbons (Fsp3) is 0.188. The normalized spacial score (nSPS) is 15.1. The molecule has 0 saturated heterocycles. The Morgan fingerprint density at radius 1 is 1.15 bits per heavy atom. The maximum atomic E-state index is 2.37. The van der Waals surface area contributed by atoms with E-state index in [9.17, 15) is 0 Å². The summed E-state index contributed by atoms with van der Waals surface area (Å²) in [5.41, 5.74) is 2.54. The number of aryl methyl sites for hydroxylation is 1. The van der Waals surface area contributed by atoms with Gasteiger partial charge in [-0.05, 0) is 25.1 Å². The zero-order chi connectivity index (χ0) is 13.2. The van der Waals surface area contributed by atoms with Gasteiger partial charge in [-0.3, -0.25) is 0 Å². The van der Waals surface area contributed by atoms with E-state index in [-0.39, 0.29) is 24.0 Å². The first-order valence-electron chi connectivity index (χ1n) is 6.50. The van der Waals surface area contributed by atoms with Crippen LogP contribution in [-0.4, -0.2) is 6.54 Å². The summed E-state index contributed by atoms with van der Waals surface area (Å²) in [6, 6.07) is 14.9. The lowest BCUT2D eigenvalue weighted by Gasteiger charge is -2.17. The van der Waals surface area contributed by atoms with Crippen LogP contribution in [0.3, 0.4) is 0 Å². The molecule has 2 nitrogen and oxygen atoms in total. The standard InChI is InChI=1S/C16H17N2S.HI/c1-3-18-14-9-4-5-10-15(14)19-16(18)12-13-8-6-7-11-17(13)2;/h4-12H,3H2,1-2H3;1H/q+1;/p-1. The van der Waals surface area contributed by atoms with Crippen molar-refractivity contribution >= 4 is 23.5 Å². The Balaban J connectivity index is 0.00000147. The average molecular weight is 396 g/mol. The number of pyridine rings is 1. The highest BCUT2D eigenvalue weighted by Gasteiger charge is 2.24. The number of fused-ring (bicyclic) bond motifs is 1. The predicted octanol–water partition coefficient (Wildman–Crippen LogP) is 0.446. The van der Waals surface area contributed by atoms with Crippen molar-refractivity contribution in [2.24, 2.45) is 7.05 Å². The van der Waals surface area contributed by atoms with E-state index >= 15 is 0 Å². The lowest BCUT2D eigenvalue weighted by Crippen LogP contribution is -3.00. The van der Waals surface area contributed by atoms with Gasteiger partial charge in [-0.1, -0.05) is 23.9 Å². The molecule has 1 aromatic carbocycles. The van der Waals surface area contributed by atoms with Crippen LogP contribution in [-0.2, 0) is 7.05 Å². The van der Waals surface area contributed by atoms with Gasteiger partial charge in [-0.2, -0.15) is 0 Å². The quantitative estimate of drug-likeness (QED) is 0.538. The van der Waals surface area contributed by atoms with E-state index in [2.05, 4.69) is 78.2 Å². The summed E-state index contributed by atoms with van der Waals surface area (Å²) < 4.78 is 2.14. The third kappa shape index (κ3) is 2.86. The van der Waals surface area contributed by atoms with Gasteiger partial charge in [-0.15, -0.1) is 0 Å². The van der Waals surface area contributed by atoms with E-state index in [4.69, 9.17) is 0 Å². The van der Waals surface area contributed by atoms with Crippen LogP contribution in [0.15, 0.2) is 58.6 Å². The van der Waals surface area contributed by atoms with Gasteiger partial charge in [0, 0.05) is 29.6 Å². The largest absolute Gasteiger partial charge is 1.00 e. The molecule has 0 saturated carbocycles. The molecule has 0 aliphatic carbocycles. The fourth-order valence-electron chi connectivity index (χ4n) is 2.30. The number of halogens is 1. The fourth-order valence-corrected chi connectivity index (χ4v) is 3.47. The molecule has 104 valence electrons. The molecule has 0 bridgehead atoms. The number of anilines is 1. The Morgan fingerprint density at radius 3 is 2.65 bits per heavy atom. The third-order valence-electron chi connectivity index (χ3n) is 3.32. The van der Waals surface area contributed by atoms with Crippen LogP contribution in [0.5, 0.6) is 0 Å². The van der Waals surface area contributed by atoms with Gasteiger partial charge >= 0.3 is 0 Å². The number of para-hydroxylation sites is 1. The zero-order valence-corrected chi connectivity index (χ0v) is 14.6. The molecular formula is C16H17IN2S. The number of thioether (sulfide) groups is 1. The Hall–Kier alpha value is -1.01. The minimum atomic E-state index is 0. The highest BCUT2D eigenvalue weighted by molar-refractivity contribution is 8.03. The molecule has 20 heavy (non-hydrogen) atoms. The van der Waals surface area contributed by atoms with Gasteiger partial charge in [0.15, 0.2) is 6.20 Å². The lowest BCUT2D eigenvalue weighted by atomic mass is 10.3. The SMILES string of the molecule is CCN1/C(=C/c2cccc[n+]2C)Sc2ccccc21.[I-]. The van der Waals surface area contributed by atoms with Crippen LogP contribution in [0.4, 0.5) is 5.69 Å². The number of aromatic nitrogens is 1. The first kappa shape index (κ1) is 15.4. The number of nitrogens with zero attached hydrogens (tertiary/aromatic N) is 2. The maximum Gasteiger partial charge on any atom is 0.207 e. The molecule has 0 fully saturated rings. The summed E-state index contributed by atoms with van der Waals surface area (Å²) in [4.78, 5) is 3.71. The van der Waals surface area contributed by atoms with Crippen molar-refractivity contribution in [3.05, 3.63) is 59.4 Å². The monoisotopic (exact) mass is 396 g/mol. The van der Waals surface area contributed by atoms with E-state index < -0.39 is 0 Å². The molecule has 1 aliphatic heterocycles. The van der Waals surface area contributed by atoms with Crippen molar-refractivity contribution < 1.29 is 28.5 Å². The van der Waals surface area contributed by atoms with Crippen LogP contribution >= 0.6 is 11.8 Å².